The van der Waals surface area contributed by atoms with E-state index in [0.717, 1.165) is 22.3 Å². The molecule has 0 aliphatic heterocycles. The molecule has 0 aromatic heterocycles. The van der Waals surface area contributed by atoms with Crippen molar-refractivity contribution in [2.75, 3.05) is 12.4 Å². The van der Waals surface area contributed by atoms with Gasteiger partial charge >= 0.3 is 5.97 Å². The number of allylic oxidation sites excluding steroid dienone is 2. The zero-order valence-electron chi connectivity index (χ0n) is 10.1. The van der Waals surface area contributed by atoms with E-state index < -0.39 is 0 Å². The van der Waals surface area contributed by atoms with E-state index >= 15 is 0 Å². The number of carbonyl (C=O) groups excluding carboxylic acids is 1. The molecule has 0 heterocycles. The first-order chi connectivity index (χ1) is 8.70. The van der Waals surface area contributed by atoms with Gasteiger partial charge in [0.1, 0.15) is 0 Å². The predicted octanol–water partition coefficient (Wildman–Crippen LogP) is 3.64. The highest BCUT2D eigenvalue weighted by atomic mass is 79.9. The lowest BCUT2D eigenvalue weighted by molar-refractivity contribution is -0.136. The number of nitrogens with one attached hydrogen (secondary N) is 1. The van der Waals surface area contributed by atoms with Crippen LogP contribution in [0.15, 0.2) is 52.2 Å². The molecule has 0 atom stereocenters. The molecule has 1 aromatic rings. The second-order valence-electron chi connectivity index (χ2n) is 3.96. The molecule has 3 nitrogen and oxygen atoms in total. The highest BCUT2D eigenvalue weighted by Gasteiger charge is 2.16. The number of halogens is 1. The van der Waals surface area contributed by atoms with E-state index in [9.17, 15) is 4.79 Å². The molecule has 1 aliphatic carbocycles. The fourth-order valence-corrected chi connectivity index (χ4v) is 2.07. The van der Waals surface area contributed by atoms with Gasteiger partial charge in [0.05, 0.1) is 12.7 Å². The zero-order valence-corrected chi connectivity index (χ0v) is 11.7. The number of hydrogen-bond acceptors (Lipinski definition) is 3. The van der Waals surface area contributed by atoms with Gasteiger partial charge in [0, 0.05) is 15.9 Å². The van der Waals surface area contributed by atoms with Crippen molar-refractivity contribution in [2.45, 2.75) is 12.8 Å². The highest BCUT2D eigenvalue weighted by molar-refractivity contribution is 9.10. The van der Waals surface area contributed by atoms with E-state index in [2.05, 4.69) is 21.2 Å². The molecule has 2 rings (SSSR count). The highest BCUT2D eigenvalue weighted by Crippen LogP contribution is 2.23. The lowest BCUT2D eigenvalue weighted by Gasteiger charge is -2.16. The summed E-state index contributed by atoms with van der Waals surface area (Å²) in [5, 5.41) is 3.24. The van der Waals surface area contributed by atoms with Gasteiger partial charge in [0.15, 0.2) is 0 Å². The number of ether oxygens (including phenoxy) is 1. The molecule has 0 saturated carbocycles. The number of anilines is 1. The molecule has 1 N–H and O–H groups in total. The van der Waals surface area contributed by atoms with E-state index in [1.54, 1.807) is 0 Å². The van der Waals surface area contributed by atoms with Crippen molar-refractivity contribution in [3.05, 3.63) is 52.2 Å². The number of rotatable bonds is 3. The lowest BCUT2D eigenvalue weighted by Crippen LogP contribution is -2.13. The molecular weight excluding hydrogens is 294 g/mol. The van der Waals surface area contributed by atoms with Crippen LogP contribution in [-0.4, -0.2) is 13.1 Å². The van der Waals surface area contributed by atoms with Crippen LogP contribution in [0.5, 0.6) is 0 Å². The van der Waals surface area contributed by atoms with E-state index in [-0.39, 0.29) is 5.97 Å². The van der Waals surface area contributed by atoms with Gasteiger partial charge in [0.25, 0.3) is 0 Å². The Morgan fingerprint density at radius 3 is 2.72 bits per heavy atom. The molecule has 0 saturated heterocycles. The Bertz CT molecular complexity index is 503. The lowest BCUT2D eigenvalue weighted by atomic mass is 10.0. The van der Waals surface area contributed by atoms with E-state index in [1.807, 2.05) is 36.4 Å². The Balaban J connectivity index is 2.24. The maximum Gasteiger partial charge on any atom is 0.335 e. The summed E-state index contributed by atoms with van der Waals surface area (Å²) in [6.07, 6.45) is 5.56. The SMILES string of the molecule is COC(=O)C1=C(Nc2ccc(Br)cc2)C=CCC1. The van der Waals surface area contributed by atoms with Gasteiger partial charge in [-0.2, -0.15) is 0 Å². The van der Waals surface area contributed by atoms with Crippen LogP contribution in [0.1, 0.15) is 12.8 Å². The second kappa shape index (κ2) is 5.87. The summed E-state index contributed by atoms with van der Waals surface area (Å²) in [4.78, 5) is 11.7. The Labute approximate surface area is 115 Å². The van der Waals surface area contributed by atoms with Gasteiger partial charge in [-0.3, -0.25) is 0 Å². The number of methoxy groups -OCH3 is 1. The Kier molecular flexibility index (Phi) is 4.20. The van der Waals surface area contributed by atoms with Crippen molar-refractivity contribution in [1.82, 2.24) is 0 Å². The average Bonchev–Trinajstić information content (AvgIpc) is 2.41. The minimum atomic E-state index is -0.265. The molecule has 0 bridgehead atoms. The van der Waals surface area contributed by atoms with Crippen LogP contribution >= 0.6 is 15.9 Å². The summed E-state index contributed by atoms with van der Waals surface area (Å²) in [5.41, 5.74) is 2.46. The van der Waals surface area contributed by atoms with Crippen LogP contribution in [-0.2, 0) is 9.53 Å². The number of hydrogen-bond donors (Lipinski definition) is 1. The normalized spacial score (nSPS) is 14.6. The third-order valence-electron chi connectivity index (χ3n) is 2.73. The standard InChI is InChI=1S/C14H14BrNO2/c1-18-14(17)12-4-2-3-5-13(12)16-11-8-6-10(15)7-9-11/h3,5-9,16H,2,4H2,1H3. The quantitative estimate of drug-likeness (QED) is 0.867. The second-order valence-corrected chi connectivity index (χ2v) is 4.87. The minimum absolute atomic E-state index is 0.265. The maximum absolute atomic E-state index is 11.7. The molecule has 1 aromatic carbocycles. The van der Waals surface area contributed by atoms with Crippen molar-refractivity contribution < 1.29 is 9.53 Å². The summed E-state index contributed by atoms with van der Waals surface area (Å²) < 4.78 is 5.82. The van der Waals surface area contributed by atoms with Gasteiger partial charge in [-0.1, -0.05) is 22.0 Å². The first kappa shape index (κ1) is 12.9. The van der Waals surface area contributed by atoms with Gasteiger partial charge in [-0.05, 0) is 43.2 Å². The molecule has 4 heteroatoms. The number of benzene rings is 1. The third-order valence-corrected chi connectivity index (χ3v) is 3.25. The number of esters is 1. The van der Waals surface area contributed by atoms with Gasteiger partial charge in [-0.25, -0.2) is 4.79 Å². The van der Waals surface area contributed by atoms with Crippen molar-refractivity contribution in [3.63, 3.8) is 0 Å². The smallest absolute Gasteiger partial charge is 0.335 e. The van der Waals surface area contributed by atoms with Crippen LogP contribution < -0.4 is 5.32 Å². The summed E-state index contributed by atoms with van der Waals surface area (Å²) in [6, 6.07) is 7.81. The molecule has 0 amide bonds. The fourth-order valence-electron chi connectivity index (χ4n) is 1.81. The predicted molar refractivity (Wildman–Crippen MR) is 75.2 cm³/mol. The van der Waals surface area contributed by atoms with Crippen molar-refractivity contribution in [3.8, 4) is 0 Å². The van der Waals surface area contributed by atoms with Gasteiger partial charge in [0.2, 0.25) is 0 Å². The summed E-state index contributed by atoms with van der Waals surface area (Å²) >= 11 is 3.39. The summed E-state index contributed by atoms with van der Waals surface area (Å²) in [6.45, 7) is 0. The Hall–Kier alpha value is -1.55. The van der Waals surface area contributed by atoms with Crippen LogP contribution in [0, 0.1) is 0 Å². The largest absolute Gasteiger partial charge is 0.466 e. The van der Waals surface area contributed by atoms with Crippen molar-refractivity contribution >= 4 is 27.6 Å². The van der Waals surface area contributed by atoms with Crippen LogP contribution in [0.2, 0.25) is 0 Å². The molecule has 18 heavy (non-hydrogen) atoms. The van der Waals surface area contributed by atoms with Crippen molar-refractivity contribution in [2.24, 2.45) is 0 Å². The average molecular weight is 308 g/mol. The third kappa shape index (κ3) is 3.01. The van der Waals surface area contributed by atoms with Crippen LogP contribution in [0.25, 0.3) is 0 Å². The monoisotopic (exact) mass is 307 g/mol. The molecule has 0 unspecified atom stereocenters. The first-order valence-electron chi connectivity index (χ1n) is 5.71. The molecule has 0 spiro atoms. The molecule has 1 aliphatic rings. The summed E-state index contributed by atoms with van der Waals surface area (Å²) in [7, 11) is 1.41. The first-order valence-corrected chi connectivity index (χ1v) is 6.50. The van der Waals surface area contributed by atoms with E-state index in [0.29, 0.717) is 12.0 Å². The molecule has 0 fully saturated rings. The van der Waals surface area contributed by atoms with Crippen molar-refractivity contribution in [1.29, 1.82) is 0 Å². The van der Waals surface area contributed by atoms with E-state index in [4.69, 9.17) is 4.74 Å². The topological polar surface area (TPSA) is 38.3 Å². The van der Waals surface area contributed by atoms with Gasteiger partial charge < -0.3 is 10.1 Å². The fraction of sp³-hybridized carbons (Fsp3) is 0.214. The zero-order chi connectivity index (χ0) is 13.0. The Morgan fingerprint density at radius 2 is 2.06 bits per heavy atom. The molecule has 94 valence electrons. The maximum atomic E-state index is 11.7. The van der Waals surface area contributed by atoms with E-state index in [1.165, 1.54) is 7.11 Å². The Morgan fingerprint density at radius 1 is 1.33 bits per heavy atom. The molecule has 0 radical (unpaired) electrons. The molecular formula is C14H14BrNO2. The van der Waals surface area contributed by atoms with Crippen LogP contribution in [0.4, 0.5) is 5.69 Å². The minimum Gasteiger partial charge on any atom is -0.466 e. The van der Waals surface area contributed by atoms with Crippen LogP contribution in [0.3, 0.4) is 0 Å². The summed E-state index contributed by atoms with van der Waals surface area (Å²) in [5.74, 6) is -0.265. The number of carbonyl (C=O) groups is 1. The van der Waals surface area contributed by atoms with Gasteiger partial charge in [-0.15, -0.1) is 0 Å².